The predicted octanol–water partition coefficient (Wildman–Crippen LogP) is 1.69. The zero-order valence-corrected chi connectivity index (χ0v) is 13.7. The number of nitrogens with zero attached hydrogens (tertiary/aromatic N) is 4. The van der Waals surface area contributed by atoms with Gasteiger partial charge in [-0.1, -0.05) is 12.1 Å². The summed E-state index contributed by atoms with van der Waals surface area (Å²) < 4.78 is 7.41. The van der Waals surface area contributed by atoms with Gasteiger partial charge >= 0.3 is 0 Å². The maximum Gasteiger partial charge on any atom is 0.226 e. The number of hydrogen-bond donors (Lipinski definition) is 0. The molecule has 0 spiro atoms. The second-order valence-corrected chi connectivity index (χ2v) is 6.66. The largest absolute Gasteiger partial charge is 0.493 e. The minimum absolute atomic E-state index is 0.230. The third-order valence-corrected chi connectivity index (χ3v) is 4.99. The molecule has 0 bridgehead atoms. The van der Waals surface area contributed by atoms with Gasteiger partial charge in [-0.05, 0) is 36.0 Å². The van der Waals surface area contributed by atoms with Crippen LogP contribution in [0.15, 0.2) is 30.9 Å². The number of carbonyl (C=O) groups excluding carboxylic acids is 1. The van der Waals surface area contributed by atoms with E-state index in [2.05, 4.69) is 16.1 Å². The van der Waals surface area contributed by atoms with Crippen LogP contribution in [-0.4, -0.2) is 45.3 Å². The van der Waals surface area contributed by atoms with Crippen molar-refractivity contribution in [1.82, 2.24) is 19.7 Å². The van der Waals surface area contributed by atoms with E-state index in [1.807, 2.05) is 21.7 Å². The Morgan fingerprint density at radius 1 is 1.29 bits per heavy atom. The van der Waals surface area contributed by atoms with Gasteiger partial charge in [0.2, 0.25) is 5.91 Å². The normalized spacial score (nSPS) is 17.6. The van der Waals surface area contributed by atoms with Crippen LogP contribution in [0.3, 0.4) is 0 Å². The van der Waals surface area contributed by atoms with Crippen LogP contribution < -0.4 is 4.74 Å². The van der Waals surface area contributed by atoms with Crippen LogP contribution in [0.25, 0.3) is 0 Å². The maximum atomic E-state index is 12.6. The van der Waals surface area contributed by atoms with E-state index in [0.29, 0.717) is 12.3 Å². The number of likely N-dealkylation sites (tertiary alicyclic amines) is 1. The molecular weight excluding hydrogens is 304 g/mol. The Hall–Kier alpha value is -2.37. The molecule has 0 saturated carbocycles. The Labute approximate surface area is 141 Å². The number of hydrogen-bond acceptors (Lipinski definition) is 4. The first-order valence-electron chi connectivity index (χ1n) is 8.63. The van der Waals surface area contributed by atoms with Crippen LogP contribution in [0, 0.1) is 5.92 Å². The SMILES string of the molecule is O=C(Cc1ccc2c(c1)CCO2)N1CCC(Cn2cncn2)CC1. The van der Waals surface area contributed by atoms with E-state index in [-0.39, 0.29) is 5.91 Å². The summed E-state index contributed by atoms with van der Waals surface area (Å²) in [6.45, 7) is 3.33. The smallest absolute Gasteiger partial charge is 0.226 e. The Bertz CT molecular complexity index is 706. The molecule has 0 unspecified atom stereocenters. The first kappa shape index (κ1) is 15.2. The summed E-state index contributed by atoms with van der Waals surface area (Å²) in [4.78, 5) is 18.5. The van der Waals surface area contributed by atoms with Gasteiger partial charge in [0, 0.05) is 26.1 Å². The number of piperidine rings is 1. The molecule has 2 aromatic rings. The standard InChI is InChI=1S/C18H22N4O2/c23-18(10-15-1-2-17-16(9-15)5-8-24-17)21-6-3-14(4-7-21)11-22-13-19-12-20-22/h1-2,9,12-14H,3-8,10-11H2. The lowest BCUT2D eigenvalue weighted by Crippen LogP contribution is -2.40. The van der Waals surface area contributed by atoms with Crippen LogP contribution in [0.5, 0.6) is 5.75 Å². The Morgan fingerprint density at radius 3 is 2.96 bits per heavy atom. The molecule has 4 rings (SSSR count). The second-order valence-electron chi connectivity index (χ2n) is 6.66. The van der Waals surface area contributed by atoms with Gasteiger partial charge in [-0.3, -0.25) is 9.48 Å². The molecule has 126 valence electrons. The summed E-state index contributed by atoms with van der Waals surface area (Å²) in [6.07, 6.45) is 6.83. The third-order valence-electron chi connectivity index (χ3n) is 4.99. The number of ether oxygens (including phenoxy) is 1. The van der Waals surface area contributed by atoms with E-state index < -0.39 is 0 Å². The molecule has 24 heavy (non-hydrogen) atoms. The fourth-order valence-electron chi connectivity index (χ4n) is 3.59. The average Bonchev–Trinajstić information content (AvgIpc) is 3.26. The summed E-state index contributed by atoms with van der Waals surface area (Å²) in [5.74, 6) is 1.78. The fourth-order valence-corrected chi connectivity index (χ4v) is 3.59. The van der Waals surface area contributed by atoms with E-state index in [1.54, 1.807) is 12.7 Å². The van der Waals surface area contributed by atoms with Crippen molar-refractivity contribution in [1.29, 1.82) is 0 Å². The highest BCUT2D eigenvalue weighted by Crippen LogP contribution is 2.26. The van der Waals surface area contributed by atoms with Crippen LogP contribution in [0.4, 0.5) is 0 Å². The summed E-state index contributed by atoms with van der Waals surface area (Å²) in [6, 6.07) is 6.13. The molecule has 2 aliphatic heterocycles. The molecule has 0 aliphatic carbocycles. The minimum atomic E-state index is 0.230. The first-order valence-corrected chi connectivity index (χ1v) is 8.63. The molecule has 1 aromatic heterocycles. The number of benzene rings is 1. The second kappa shape index (κ2) is 6.63. The first-order chi connectivity index (χ1) is 11.8. The molecule has 0 N–H and O–H groups in total. The summed E-state index contributed by atoms with van der Waals surface area (Å²) in [7, 11) is 0. The third kappa shape index (κ3) is 3.27. The Morgan fingerprint density at radius 2 is 2.17 bits per heavy atom. The van der Waals surface area contributed by atoms with Gasteiger partial charge in [0.1, 0.15) is 18.4 Å². The molecule has 1 amide bonds. The van der Waals surface area contributed by atoms with Crippen molar-refractivity contribution in [3.8, 4) is 5.75 Å². The predicted molar refractivity (Wildman–Crippen MR) is 88.7 cm³/mol. The molecule has 3 heterocycles. The Kier molecular flexibility index (Phi) is 4.19. The lowest BCUT2D eigenvalue weighted by molar-refractivity contribution is -0.131. The quantitative estimate of drug-likeness (QED) is 0.858. The van der Waals surface area contributed by atoms with Gasteiger partial charge in [-0.15, -0.1) is 0 Å². The number of rotatable bonds is 4. The number of fused-ring (bicyclic) bond motifs is 1. The van der Waals surface area contributed by atoms with E-state index in [0.717, 1.165) is 56.8 Å². The van der Waals surface area contributed by atoms with Crippen LogP contribution in [-0.2, 0) is 24.2 Å². The van der Waals surface area contributed by atoms with Crippen molar-refractivity contribution in [2.24, 2.45) is 5.92 Å². The van der Waals surface area contributed by atoms with E-state index in [4.69, 9.17) is 4.74 Å². The van der Waals surface area contributed by atoms with Gasteiger partial charge < -0.3 is 9.64 Å². The lowest BCUT2D eigenvalue weighted by atomic mass is 9.96. The molecular formula is C18H22N4O2. The highest BCUT2D eigenvalue weighted by Gasteiger charge is 2.23. The van der Waals surface area contributed by atoms with Gasteiger partial charge in [0.25, 0.3) is 0 Å². The van der Waals surface area contributed by atoms with Gasteiger partial charge in [-0.25, -0.2) is 4.98 Å². The average molecular weight is 326 g/mol. The highest BCUT2D eigenvalue weighted by atomic mass is 16.5. The molecule has 1 fully saturated rings. The van der Waals surface area contributed by atoms with Crippen LogP contribution >= 0.6 is 0 Å². The molecule has 6 nitrogen and oxygen atoms in total. The number of carbonyl (C=O) groups is 1. The van der Waals surface area contributed by atoms with Gasteiger partial charge in [0.05, 0.1) is 13.0 Å². The molecule has 1 saturated heterocycles. The van der Waals surface area contributed by atoms with Crippen molar-refractivity contribution in [3.63, 3.8) is 0 Å². The highest BCUT2D eigenvalue weighted by molar-refractivity contribution is 5.79. The van der Waals surface area contributed by atoms with Crippen molar-refractivity contribution >= 4 is 5.91 Å². The van der Waals surface area contributed by atoms with Gasteiger partial charge in [0.15, 0.2) is 0 Å². The van der Waals surface area contributed by atoms with Crippen LogP contribution in [0.2, 0.25) is 0 Å². The Balaban J connectivity index is 1.30. The van der Waals surface area contributed by atoms with Gasteiger partial charge in [-0.2, -0.15) is 5.10 Å². The number of aromatic nitrogens is 3. The minimum Gasteiger partial charge on any atom is -0.493 e. The summed E-state index contributed by atoms with van der Waals surface area (Å²) >= 11 is 0. The maximum absolute atomic E-state index is 12.6. The molecule has 0 radical (unpaired) electrons. The molecule has 0 atom stereocenters. The molecule has 2 aliphatic rings. The van der Waals surface area contributed by atoms with E-state index in [1.165, 1.54) is 5.56 Å². The van der Waals surface area contributed by atoms with E-state index in [9.17, 15) is 4.79 Å². The summed E-state index contributed by atoms with van der Waals surface area (Å²) in [5.41, 5.74) is 2.32. The summed E-state index contributed by atoms with van der Waals surface area (Å²) in [5, 5.41) is 4.16. The monoisotopic (exact) mass is 326 g/mol. The van der Waals surface area contributed by atoms with Crippen molar-refractivity contribution in [3.05, 3.63) is 42.0 Å². The van der Waals surface area contributed by atoms with Crippen molar-refractivity contribution in [2.45, 2.75) is 32.2 Å². The van der Waals surface area contributed by atoms with E-state index >= 15 is 0 Å². The number of amides is 1. The topological polar surface area (TPSA) is 60.2 Å². The fraction of sp³-hybridized carbons (Fsp3) is 0.500. The van der Waals surface area contributed by atoms with Crippen molar-refractivity contribution in [2.75, 3.05) is 19.7 Å². The molecule has 6 heteroatoms. The van der Waals surface area contributed by atoms with Crippen LogP contribution in [0.1, 0.15) is 24.0 Å². The van der Waals surface area contributed by atoms with Crippen molar-refractivity contribution < 1.29 is 9.53 Å². The lowest BCUT2D eigenvalue weighted by Gasteiger charge is -2.32. The zero-order valence-electron chi connectivity index (χ0n) is 13.7. The molecule has 1 aromatic carbocycles. The zero-order chi connectivity index (χ0) is 16.4.